The summed E-state index contributed by atoms with van der Waals surface area (Å²) >= 11 is 0. The normalized spacial score (nSPS) is 11.0. The molecule has 0 radical (unpaired) electrons. The summed E-state index contributed by atoms with van der Waals surface area (Å²) in [4.78, 5) is 4.95. The van der Waals surface area contributed by atoms with Crippen molar-refractivity contribution in [3.05, 3.63) is 238 Å². The van der Waals surface area contributed by atoms with Crippen molar-refractivity contribution in [3.63, 3.8) is 0 Å². The maximum Gasteiger partial charge on any atom is 0.0433 e. The number of benzene rings is 7. The summed E-state index contributed by atoms with van der Waals surface area (Å²) in [6.45, 7) is 7.83. The van der Waals surface area contributed by atoms with Crippen LogP contribution in [0, 0.1) is 13.8 Å². The van der Waals surface area contributed by atoms with Crippen LogP contribution in [-0.2, 0) is 51.9 Å². The molecule has 0 aliphatic heterocycles. The second-order valence-corrected chi connectivity index (χ2v) is 14.8. The van der Waals surface area contributed by atoms with Crippen LogP contribution < -0.4 is 9.80 Å². The number of rotatable bonds is 16. The molecule has 0 saturated carbocycles. The summed E-state index contributed by atoms with van der Waals surface area (Å²) < 4.78 is 0. The molecule has 0 aromatic heterocycles. The highest BCUT2D eigenvalue weighted by atomic mass is 15.1. The molecule has 0 fully saturated rings. The molecule has 7 aromatic rings. The first-order chi connectivity index (χ1) is 26.5. The zero-order valence-corrected chi connectivity index (χ0v) is 31.9. The van der Waals surface area contributed by atoms with Crippen LogP contribution >= 0.6 is 0 Å². The van der Waals surface area contributed by atoms with Gasteiger partial charge in [0.05, 0.1) is 0 Å². The van der Waals surface area contributed by atoms with E-state index >= 15 is 0 Å². The van der Waals surface area contributed by atoms with Gasteiger partial charge in [-0.05, 0) is 108 Å². The lowest BCUT2D eigenvalue weighted by Gasteiger charge is -2.26. The Morgan fingerprint density at radius 2 is 0.500 bits per heavy atom. The highest BCUT2D eigenvalue weighted by Gasteiger charge is 2.11. The molecule has 0 atom stereocenters. The fraction of sp³-hybridized carbons (Fsp3) is 0.192. The van der Waals surface area contributed by atoms with Crippen molar-refractivity contribution < 1.29 is 0 Å². The van der Waals surface area contributed by atoms with E-state index in [1.165, 1.54) is 67.0 Å². The molecular weight excluding hydrogens is 653 g/mol. The molecular formula is C52H52N2. The summed E-state index contributed by atoms with van der Waals surface area (Å²) in [6, 6.07) is 67.1. The van der Waals surface area contributed by atoms with Crippen molar-refractivity contribution in [3.8, 4) is 0 Å². The first kappa shape index (κ1) is 36.5. The van der Waals surface area contributed by atoms with E-state index < -0.39 is 0 Å². The average Bonchev–Trinajstić information content (AvgIpc) is 3.22. The van der Waals surface area contributed by atoms with Gasteiger partial charge in [0.15, 0.2) is 0 Å². The third-order valence-corrected chi connectivity index (χ3v) is 10.5. The molecule has 7 rings (SSSR count). The molecule has 2 heteroatoms. The van der Waals surface area contributed by atoms with Crippen LogP contribution in [-0.4, -0.2) is 0 Å². The highest BCUT2D eigenvalue weighted by molar-refractivity contribution is 5.50. The topological polar surface area (TPSA) is 6.48 Å². The fourth-order valence-corrected chi connectivity index (χ4v) is 7.11. The van der Waals surface area contributed by atoms with E-state index in [9.17, 15) is 0 Å². The molecule has 7 aromatic carbocycles. The van der Waals surface area contributed by atoms with Gasteiger partial charge in [-0.2, -0.15) is 0 Å². The van der Waals surface area contributed by atoms with Crippen molar-refractivity contribution in [1.82, 2.24) is 0 Å². The molecule has 0 unspecified atom stereocenters. The zero-order chi connectivity index (χ0) is 37.0. The van der Waals surface area contributed by atoms with Crippen LogP contribution in [0.25, 0.3) is 0 Å². The van der Waals surface area contributed by atoms with Crippen LogP contribution in [0.5, 0.6) is 0 Å². The predicted molar refractivity (Wildman–Crippen MR) is 229 cm³/mol. The monoisotopic (exact) mass is 704 g/mol. The summed E-state index contributed by atoms with van der Waals surface area (Å²) in [5.74, 6) is 0. The van der Waals surface area contributed by atoms with E-state index in [1.54, 1.807) is 0 Å². The molecule has 0 N–H and O–H groups in total. The van der Waals surface area contributed by atoms with Gasteiger partial charge in [-0.15, -0.1) is 0 Å². The van der Waals surface area contributed by atoms with E-state index in [4.69, 9.17) is 0 Å². The van der Waals surface area contributed by atoms with Crippen molar-refractivity contribution >= 4 is 11.4 Å². The van der Waals surface area contributed by atoms with Gasteiger partial charge in [0.1, 0.15) is 0 Å². The van der Waals surface area contributed by atoms with Crippen molar-refractivity contribution in [1.29, 1.82) is 0 Å². The molecule has 0 bridgehead atoms. The van der Waals surface area contributed by atoms with Crippen LogP contribution in [0.15, 0.2) is 182 Å². The average molecular weight is 705 g/mol. The maximum atomic E-state index is 2.49. The van der Waals surface area contributed by atoms with Gasteiger partial charge >= 0.3 is 0 Å². The Bertz CT molecular complexity index is 2050. The lowest BCUT2D eigenvalue weighted by Crippen LogP contribution is -2.22. The zero-order valence-electron chi connectivity index (χ0n) is 31.9. The van der Waals surface area contributed by atoms with Crippen molar-refractivity contribution in [2.75, 3.05) is 9.80 Å². The van der Waals surface area contributed by atoms with E-state index in [1.807, 2.05) is 0 Å². The Morgan fingerprint density at radius 1 is 0.259 bits per heavy atom. The largest absolute Gasteiger partial charge is 0.363 e. The molecule has 270 valence electrons. The van der Waals surface area contributed by atoms with Gasteiger partial charge in [0.2, 0.25) is 0 Å². The number of anilines is 2. The molecule has 0 aliphatic carbocycles. The second-order valence-electron chi connectivity index (χ2n) is 14.8. The van der Waals surface area contributed by atoms with Gasteiger partial charge in [-0.1, -0.05) is 169 Å². The van der Waals surface area contributed by atoms with Crippen LogP contribution in [0.3, 0.4) is 0 Å². The van der Waals surface area contributed by atoms with Crippen LogP contribution in [0.2, 0.25) is 0 Å². The number of hydrogen-bond acceptors (Lipinski definition) is 2. The smallest absolute Gasteiger partial charge is 0.0433 e. The standard InChI is InChI=1S/C52H52N2/c1-41-13-17-49(18-14-41)39-54(40-50-19-15-42(2)16-20-50)52-35-31-46(32-36-52)28-26-44-23-21-43(22-24-44)25-27-45-29-33-51(34-30-45)53(37-47-9-5-3-6-10-47)38-48-11-7-4-8-12-48/h3-24,29-36H,25-28,37-40H2,1-2H3. The second kappa shape index (κ2) is 18.3. The first-order valence-electron chi connectivity index (χ1n) is 19.5. The van der Waals surface area contributed by atoms with Gasteiger partial charge in [-0.25, -0.2) is 0 Å². The quantitative estimate of drug-likeness (QED) is 0.0988. The Kier molecular flexibility index (Phi) is 12.3. The van der Waals surface area contributed by atoms with Gasteiger partial charge in [0.25, 0.3) is 0 Å². The lowest BCUT2D eigenvalue weighted by molar-refractivity contribution is 0.798. The summed E-state index contributed by atoms with van der Waals surface area (Å²) in [6.07, 6.45) is 4.15. The third kappa shape index (κ3) is 10.6. The molecule has 0 spiro atoms. The maximum absolute atomic E-state index is 2.49. The van der Waals surface area contributed by atoms with Crippen LogP contribution in [0.4, 0.5) is 11.4 Å². The molecule has 0 saturated heterocycles. The minimum absolute atomic E-state index is 0.882. The Labute approximate surface area is 323 Å². The number of nitrogens with zero attached hydrogens (tertiary/aromatic N) is 2. The van der Waals surface area contributed by atoms with E-state index in [-0.39, 0.29) is 0 Å². The predicted octanol–water partition coefficient (Wildman–Crippen LogP) is 12.3. The number of hydrogen-bond donors (Lipinski definition) is 0. The Morgan fingerprint density at radius 3 is 0.796 bits per heavy atom. The molecule has 0 amide bonds. The first-order valence-corrected chi connectivity index (χ1v) is 19.5. The minimum Gasteiger partial charge on any atom is -0.363 e. The van der Waals surface area contributed by atoms with E-state index in [2.05, 4.69) is 206 Å². The minimum atomic E-state index is 0.882. The van der Waals surface area contributed by atoms with Crippen molar-refractivity contribution in [2.24, 2.45) is 0 Å². The summed E-state index contributed by atoms with van der Waals surface area (Å²) in [7, 11) is 0. The fourth-order valence-electron chi connectivity index (χ4n) is 7.11. The molecule has 54 heavy (non-hydrogen) atoms. The lowest BCUT2D eigenvalue weighted by atomic mass is 10.00. The molecule has 0 aliphatic rings. The van der Waals surface area contributed by atoms with Gasteiger partial charge in [-0.3, -0.25) is 0 Å². The highest BCUT2D eigenvalue weighted by Crippen LogP contribution is 2.24. The van der Waals surface area contributed by atoms with E-state index in [0.29, 0.717) is 0 Å². The number of aryl methyl sites for hydroxylation is 6. The van der Waals surface area contributed by atoms with E-state index in [0.717, 1.165) is 51.9 Å². The van der Waals surface area contributed by atoms with Crippen molar-refractivity contribution in [2.45, 2.75) is 65.7 Å². The van der Waals surface area contributed by atoms with Gasteiger partial charge in [0, 0.05) is 37.6 Å². The van der Waals surface area contributed by atoms with Crippen LogP contribution in [0.1, 0.15) is 55.6 Å². The summed E-state index contributed by atoms with van der Waals surface area (Å²) in [5.41, 5.74) is 16.0. The van der Waals surface area contributed by atoms with Gasteiger partial charge < -0.3 is 9.80 Å². The molecule has 2 nitrogen and oxygen atoms in total. The molecule has 0 heterocycles. The Hall–Kier alpha value is -5.86. The Balaban J connectivity index is 0.923. The third-order valence-electron chi connectivity index (χ3n) is 10.5. The SMILES string of the molecule is Cc1ccc(CN(Cc2ccc(C)cc2)c2ccc(CCc3ccc(CCc4ccc(N(Cc5ccccc5)Cc5ccccc5)cc4)cc3)cc2)cc1. The summed E-state index contributed by atoms with van der Waals surface area (Å²) in [5, 5.41) is 0.